The molecule has 0 amide bonds. The molecule has 0 spiro atoms. The zero-order valence-corrected chi connectivity index (χ0v) is 12.2. The van der Waals surface area contributed by atoms with Gasteiger partial charge in [0.1, 0.15) is 12.4 Å². The molecule has 2 N–H and O–H groups in total. The average Bonchev–Trinajstić information content (AvgIpc) is 2.52. The van der Waals surface area contributed by atoms with Gasteiger partial charge in [-0.3, -0.25) is 0 Å². The second-order valence-corrected chi connectivity index (χ2v) is 4.73. The summed E-state index contributed by atoms with van der Waals surface area (Å²) in [6.07, 6.45) is -4.45. The first kappa shape index (κ1) is 16.7. The molecule has 2 aromatic rings. The zero-order chi connectivity index (χ0) is 17.0. The Morgan fingerprint density at radius 3 is 2.30 bits per heavy atom. The van der Waals surface area contributed by atoms with Gasteiger partial charge >= 0.3 is 12.1 Å². The number of hydrogen-bond donors (Lipinski definition) is 1. The van der Waals surface area contributed by atoms with Crippen molar-refractivity contribution < 1.29 is 27.4 Å². The van der Waals surface area contributed by atoms with E-state index < -0.39 is 17.7 Å². The SMILES string of the molecule is COC(=O)c1ccc(COc2ccc(C(F)(F)F)cc2N)cc1. The van der Waals surface area contributed by atoms with E-state index in [0.717, 1.165) is 17.7 Å². The lowest BCUT2D eigenvalue weighted by Crippen LogP contribution is -2.07. The molecule has 0 atom stereocenters. The standard InChI is InChI=1S/C16H14F3NO3/c1-22-15(21)11-4-2-10(3-5-11)9-23-14-7-6-12(8-13(14)20)16(17,18)19/h2-8H,9,20H2,1H3. The summed E-state index contributed by atoms with van der Waals surface area (Å²) in [5, 5.41) is 0. The van der Waals surface area contributed by atoms with Gasteiger partial charge in [-0.25, -0.2) is 4.79 Å². The van der Waals surface area contributed by atoms with Crippen molar-refractivity contribution in [3.05, 3.63) is 59.2 Å². The van der Waals surface area contributed by atoms with Crippen LogP contribution < -0.4 is 10.5 Å². The van der Waals surface area contributed by atoms with Crippen LogP contribution in [0.1, 0.15) is 21.5 Å². The summed E-state index contributed by atoms with van der Waals surface area (Å²) in [7, 11) is 1.28. The van der Waals surface area contributed by atoms with E-state index >= 15 is 0 Å². The highest BCUT2D eigenvalue weighted by Gasteiger charge is 2.30. The number of nitrogen functional groups attached to an aromatic ring is 1. The van der Waals surface area contributed by atoms with Gasteiger partial charge in [0.05, 0.1) is 23.9 Å². The number of alkyl halides is 3. The molecule has 0 saturated heterocycles. The van der Waals surface area contributed by atoms with Crippen LogP contribution in [0, 0.1) is 0 Å². The Labute approximate surface area is 130 Å². The number of anilines is 1. The van der Waals surface area contributed by atoms with Gasteiger partial charge in [-0.05, 0) is 35.9 Å². The maximum absolute atomic E-state index is 12.5. The number of carbonyl (C=O) groups is 1. The van der Waals surface area contributed by atoms with Crippen LogP contribution in [0.2, 0.25) is 0 Å². The highest BCUT2D eigenvalue weighted by Crippen LogP contribution is 2.33. The van der Waals surface area contributed by atoms with E-state index in [9.17, 15) is 18.0 Å². The van der Waals surface area contributed by atoms with Crippen molar-refractivity contribution in [1.82, 2.24) is 0 Å². The molecule has 23 heavy (non-hydrogen) atoms. The minimum absolute atomic E-state index is 0.0917. The number of rotatable bonds is 4. The quantitative estimate of drug-likeness (QED) is 0.688. The van der Waals surface area contributed by atoms with Crippen LogP contribution in [0.5, 0.6) is 5.75 Å². The van der Waals surface area contributed by atoms with Crippen LogP contribution in [0.15, 0.2) is 42.5 Å². The third-order valence-electron chi connectivity index (χ3n) is 3.11. The third kappa shape index (κ3) is 4.15. The maximum atomic E-state index is 12.5. The van der Waals surface area contributed by atoms with E-state index in [4.69, 9.17) is 10.5 Å². The number of benzene rings is 2. The number of carbonyl (C=O) groups excluding carboxylic acids is 1. The van der Waals surface area contributed by atoms with Crippen LogP contribution in [0.3, 0.4) is 0 Å². The first-order valence-corrected chi connectivity index (χ1v) is 6.58. The summed E-state index contributed by atoms with van der Waals surface area (Å²) in [5.74, 6) is -0.292. The van der Waals surface area contributed by atoms with E-state index in [-0.39, 0.29) is 18.0 Å². The number of hydrogen-bond acceptors (Lipinski definition) is 4. The molecule has 0 heterocycles. The van der Waals surface area contributed by atoms with Crippen LogP contribution in [0.25, 0.3) is 0 Å². The van der Waals surface area contributed by atoms with Crippen molar-refractivity contribution in [1.29, 1.82) is 0 Å². The topological polar surface area (TPSA) is 61.5 Å². The Bertz CT molecular complexity index is 697. The Kier molecular flexibility index (Phi) is 4.78. The van der Waals surface area contributed by atoms with E-state index in [1.165, 1.54) is 13.2 Å². The molecule has 0 radical (unpaired) electrons. The molecular formula is C16H14F3NO3. The zero-order valence-electron chi connectivity index (χ0n) is 12.2. The van der Waals surface area contributed by atoms with Gasteiger partial charge in [0.15, 0.2) is 0 Å². The molecule has 0 unspecified atom stereocenters. The molecule has 0 aliphatic carbocycles. The molecule has 7 heteroatoms. The first-order chi connectivity index (χ1) is 10.8. The molecule has 0 bridgehead atoms. The number of methoxy groups -OCH3 is 1. The highest BCUT2D eigenvalue weighted by molar-refractivity contribution is 5.89. The summed E-state index contributed by atoms with van der Waals surface area (Å²) in [6, 6.07) is 9.38. The molecular weight excluding hydrogens is 311 g/mol. The van der Waals surface area contributed by atoms with Gasteiger partial charge in [-0.15, -0.1) is 0 Å². The Hall–Kier alpha value is -2.70. The lowest BCUT2D eigenvalue weighted by molar-refractivity contribution is -0.137. The summed E-state index contributed by atoms with van der Waals surface area (Å²) in [6.45, 7) is 0.108. The van der Waals surface area contributed by atoms with Crippen LogP contribution in [-0.4, -0.2) is 13.1 Å². The van der Waals surface area contributed by atoms with Crippen LogP contribution >= 0.6 is 0 Å². The number of nitrogens with two attached hydrogens (primary N) is 1. The second-order valence-electron chi connectivity index (χ2n) is 4.73. The molecule has 2 rings (SSSR count). The van der Waals surface area contributed by atoms with Gasteiger partial charge in [-0.2, -0.15) is 13.2 Å². The Balaban J connectivity index is 2.05. The van der Waals surface area contributed by atoms with Gasteiger partial charge in [0, 0.05) is 0 Å². The minimum Gasteiger partial charge on any atom is -0.487 e. The lowest BCUT2D eigenvalue weighted by Gasteiger charge is -2.12. The Morgan fingerprint density at radius 2 is 1.78 bits per heavy atom. The van der Waals surface area contributed by atoms with Crippen molar-refractivity contribution in [3.63, 3.8) is 0 Å². The summed E-state index contributed by atoms with van der Waals surface area (Å²) in [4.78, 5) is 11.3. The maximum Gasteiger partial charge on any atom is 0.416 e. The molecule has 0 aromatic heterocycles. The largest absolute Gasteiger partial charge is 0.487 e. The third-order valence-corrected chi connectivity index (χ3v) is 3.11. The van der Waals surface area contributed by atoms with E-state index in [1.54, 1.807) is 24.3 Å². The second kappa shape index (κ2) is 6.60. The van der Waals surface area contributed by atoms with Crippen molar-refractivity contribution >= 4 is 11.7 Å². The summed E-state index contributed by atoms with van der Waals surface area (Å²) in [5.41, 5.74) is 5.78. The number of ether oxygens (including phenoxy) is 2. The van der Waals surface area contributed by atoms with Crippen LogP contribution in [0.4, 0.5) is 18.9 Å². The molecule has 0 fully saturated rings. The van der Waals surface area contributed by atoms with Crippen LogP contribution in [-0.2, 0) is 17.5 Å². The molecule has 4 nitrogen and oxygen atoms in total. The summed E-state index contributed by atoms with van der Waals surface area (Å²) >= 11 is 0. The molecule has 0 aliphatic rings. The van der Waals surface area contributed by atoms with E-state index in [2.05, 4.69) is 4.74 Å². The normalized spacial score (nSPS) is 11.1. The summed E-state index contributed by atoms with van der Waals surface area (Å²) < 4.78 is 47.6. The first-order valence-electron chi connectivity index (χ1n) is 6.58. The van der Waals surface area contributed by atoms with Crippen molar-refractivity contribution in [2.45, 2.75) is 12.8 Å². The van der Waals surface area contributed by atoms with Gasteiger partial charge in [0.25, 0.3) is 0 Å². The van der Waals surface area contributed by atoms with Gasteiger partial charge in [-0.1, -0.05) is 12.1 Å². The fourth-order valence-electron chi connectivity index (χ4n) is 1.87. The monoisotopic (exact) mass is 325 g/mol. The van der Waals surface area contributed by atoms with Crippen molar-refractivity contribution in [2.75, 3.05) is 12.8 Å². The molecule has 0 aliphatic heterocycles. The van der Waals surface area contributed by atoms with E-state index in [0.29, 0.717) is 5.56 Å². The number of esters is 1. The average molecular weight is 325 g/mol. The molecule has 122 valence electrons. The van der Waals surface area contributed by atoms with Gasteiger partial charge in [0.2, 0.25) is 0 Å². The fourth-order valence-corrected chi connectivity index (χ4v) is 1.87. The fraction of sp³-hybridized carbons (Fsp3) is 0.188. The predicted molar refractivity (Wildman–Crippen MR) is 78.0 cm³/mol. The highest BCUT2D eigenvalue weighted by atomic mass is 19.4. The van der Waals surface area contributed by atoms with Gasteiger partial charge < -0.3 is 15.2 Å². The Morgan fingerprint density at radius 1 is 1.13 bits per heavy atom. The van der Waals surface area contributed by atoms with Crippen molar-refractivity contribution in [3.8, 4) is 5.75 Å². The predicted octanol–water partition coefficient (Wildman–Crippen LogP) is 3.65. The number of halogens is 3. The minimum atomic E-state index is -4.45. The smallest absolute Gasteiger partial charge is 0.416 e. The molecule has 2 aromatic carbocycles. The van der Waals surface area contributed by atoms with E-state index in [1.807, 2.05) is 0 Å². The lowest BCUT2D eigenvalue weighted by atomic mass is 10.1. The van der Waals surface area contributed by atoms with Crippen molar-refractivity contribution in [2.24, 2.45) is 0 Å². The molecule has 0 saturated carbocycles.